The summed E-state index contributed by atoms with van der Waals surface area (Å²) < 4.78 is 7.92. The van der Waals surface area contributed by atoms with Crippen LogP contribution in [0.3, 0.4) is 0 Å². The van der Waals surface area contributed by atoms with Crippen molar-refractivity contribution in [1.29, 1.82) is 0 Å². The molecule has 2 aromatic rings. The monoisotopic (exact) mass is 343 g/mol. The van der Waals surface area contributed by atoms with Crippen LogP contribution >= 0.6 is 11.8 Å². The highest BCUT2D eigenvalue weighted by atomic mass is 32.2. The standard InChI is InChI=1S/C18H21N3O2S/c1-13-9-19-20(10-13)11-14-5-4-8-21(14)18(22)16-12-24-17-7-3-2-6-15(17)23-16/h2-3,6-7,9-10,14,16H,4-5,8,11-12H2,1H3/t14-,16-/m0/s1. The second-order valence-electron chi connectivity index (χ2n) is 6.43. The maximum absolute atomic E-state index is 13.0. The summed E-state index contributed by atoms with van der Waals surface area (Å²) in [4.78, 5) is 16.1. The fourth-order valence-corrected chi connectivity index (χ4v) is 4.40. The summed E-state index contributed by atoms with van der Waals surface area (Å²) >= 11 is 1.70. The first-order valence-electron chi connectivity index (χ1n) is 8.39. The van der Waals surface area contributed by atoms with Gasteiger partial charge in [-0.3, -0.25) is 9.48 Å². The topological polar surface area (TPSA) is 47.4 Å². The Labute approximate surface area is 146 Å². The van der Waals surface area contributed by atoms with Gasteiger partial charge in [-0.2, -0.15) is 5.10 Å². The lowest BCUT2D eigenvalue weighted by Crippen LogP contribution is -2.47. The number of nitrogens with zero attached hydrogens (tertiary/aromatic N) is 3. The van der Waals surface area contributed by atoms with Gasteiger partial charge in [0.15, 0.2) is 6.10 Å². The minimum Gasteiger partial charge on any atom is -0.479 e. The van der Waals surface area contributed by atoms with E-state index in [1.165, 1.54) is 0 Å². The van der Waals surface area contributed by atoms with Crippen molar-refractivity contribution in [2.75, 3.05) is 12.3 Å². The quantitative estimate of drug-likeness (QED) is 0.860. The second kappa shape index (κ2) is 6.51. The van der Waals surface area contributed by atoms with E-state index in [2.05, 4.69) is 5.10 Å². The number of thioether (sulfide) groups is 1. The SMILES string of the molecule is Cc1cnn(C[C@@H]2CCCN2C(=O)[C@@H]2CSc3ccccc3O2)c1. The van der Waals surface area contributed by atoms with E-state index in [1.807, 2.05) is 53.2 Å². The molecule has 1 fully saturated rings. The number of benzene rings is 1. The maximum Gasteiger partial charge on any atom is 0.264 e. The average Bonchev–Trinajstić information content (AvgIpc) is 3.23. The van der Waals surface area contributed by atoms with E-state index in [9.17, 15) is 4.79 Å². The molecule has 0 saturated carbocycles. The highest BCUT2D eigenvalue weighted by Gasteiger charge is 2.36. The van der Waals surface area contributed by atoms with Crippen LogP contribution in [0, 0.1) is 6.92 Å². The van der Waals surface area contributed by atoms with Crippen molar-refractivity contribution in [3.63, 3.8) is 0 Å². The van der Waals surface area contributed by atoms with Crippen LogP contribution in [0.25, 0.3) is 0 Å². The van der Waals surface area contributed by atoms with Crippen molar-refractivity contribution in [1.82, 2.24) is 14.7 Å². The fraction of sp³-hybridized carbons (Fsp3) is 0.444. The van der Waals surface area contributed by atoms with Gasteiger partial charge in [0.05, 0.1) is 18.8 Å². The van der Waals surface area contributed by atoms with E-state index in [4.69, 9.17) is 4.74 Å². The normalized spacial score (nSPS) is 23.0. The largest absolute Gasteiger partial charge is 0.479 e. The lowest BCUT2D eigenvalue weighted by atomic mass is 10.2. The van der Waals surface area contributed by atoms with Gasteiger partial charge < -0.3 is 9.64 Å². The van der Waals surface area contributed by atoms with Crippen LogP contribution in [0.1, 0.15) is 18.4 Å². The highest BCUT2D eigenvalue weighted by Crippen LogP contribution is 2.36. The van der Waals surface area contributed by atoms with Crippen molar-refractivity contribution >= 4 is 17.7 Å². The van der Waals surface area contributed by atoms with Crippen LogP contribution in [-0.2, 0) is 11.3 Å². The summed E-state index contributed by atoms with van der Waals surface area (Å²) in [5, 5.41) is 4.36. The van der Waals surface area contributed by atoms with Gasteiger partial charge >= 0.3 is 0 Å². The molecule has 2 aliphatic heterocycles. The third kappa shape index (κ3) is 3.02. The van der Waals surface area contributed by atoms with Gasteiger partial charge in [-0.25, -0.2) is 0 Å². The predicted molar refractivity (Wildman–Crippen MR) is 93.3 cm³/mol. The fourth-order valence-electron chi connectivity index (χ4n) is 3.42. The number of carbonyl (C=O) groups is 1. The summed E-state index contributed by atoms with van der Waals surface area (Å²) in [6.45, 7) is 3.61. The Balaban J connectivity index is 1.45. The van der Waals surface area contributed by atoms with Crippen molar-refractivity contribution in [2.24, 2.45) is 0 Å². The smallest absolute Gasteiger partial charge is 0.264 e. The lowest BCUT2D eigenvalue weighted by Gasteiger charge is -2.31. The van der Waals surface area contributed by atoms with E-state index in [0.29, 0.717) is 5.75 Å². The number of ether oxygens (including phenoxy) is 1. The van der Waals surface area contributed by atoms with E-state index in [0.717, 1.165) is 42.1 Å². The molecule has 3 heterocycles. The van der Waals surface area contributed by atoms with Crippen LogP contribution in [-0.4, -0.2) is 45.0 Å². The number of rotatable bonds is 3. The molecule has 4 rings (SSSR count). The van der Waals surface area contributed by atoms with Crippen LogP contribution in [0.5, 0.6) is 5.75 Å². The zero-order valence-electron chi connectivity index (χ0n) is 13.7. The van der Waals surface area contributed by atoms with Crippen LogP contribution in [0.15, 0.2) is 41.6 Å². The molecule has 0 N–H and O–H groups in total. The van der Waals surface area contributed by atoms with Crippen molar-refractivity contribution in [3.8, 4) is 5.75 Å². The van der Waals surface area contributed by atoms with E-state index in [1.54, 1.807) is 11.8 Å². The molecule has 0 unspecified atom stereocenters. The van der Waals surface area contributed by atoms with E-state index < -0.39 is 0 Å². The molecule has 0 radical (unpaired) electrons. The molecule has 126 valence electrons. The van der Waals surface area contributed by atoms with E-state index >= 15 is 0 Å². The first-order valence-corrected chi connectivity index (χ1v) is 9.37. The zero-order chi connectivity index (χ0) is 16.5. The summed E-state index contributed by atoms with van der Waals surface area (Å²) in [5.74, 6) is 1.62. The Morgan fingerprint density at radius 2 is 2.29 bits per heavy atom. The van der Waals surface area contributed by atoms with Crippen LogP contribution in [0.4, 0.5) is 0 Å². The summed E-state index contributed by atoms with van der Waals surface area (Å²) in [7, 11) is 0. The predicted octanol–water partition coefficient (Wildman–Crippen LogP) is 2.74. The number of hydrogen-bond donors (Lipinski definition) is 0. The van der Waals surface area contributed by atoms with Gasteiger partial charge in [0.1, 0.15) is 5.75 Å². The number of likely N-dealkylation sites (tertiary alicyclic amines) is 1. The van der Waals surface area contributed by atoms with Crippen molar-refractivity contribution < 1.29 is 9.53 Å². The second-order valence-corrected chi connectivity index (χ2v) is 7.49. The molecule has 2 atom stereocenters. The number of aromatic nitrogens is 2. The van der Waals surface area contributed by atoms with Gasteiger partial charge in [-0.15, -0.1) is 11.8 Å². The van der Waals surface area contributed by atoms with Crippen molar-refractivity contribution in [3.05, 3.63) is 42.2 Å². The molecule has 1 aromatic heterocycles. The minimum atomic E-state index is -0.384. The van der Waals surface area contributed by atoms with Gasteiger partial charge in [0, 0.05) is 23.4 Å². The van der Waals surface area contributed by atoms with E-state index in [-0.39, 0.29) is 18.1 Å². The summed E-state index contributed by atoms with van der Waals surface area (Å²) in [6.07, 6.45) is 5.59. The summed E-state index contributed by atoms with van der Waals surface area (Å²) in [6, 6.07) is 8.14. The van der Waals surface area contributed by atoms with Gasteiger partial charge in [0.2, 0.25) is 0 Å². The number of fused-ring (bicyclic) bond motifs is 1. The van der Waals surface area contributed by atoms with Gasteiger partial charge in [0.25, 0.3) is 5.91 Å². The summed E-state index contributed by atoms with van der Waals surface area (Å²) in [5.41, 5.74) is 1.15. The first kappa shape index (κ1) is 15.6. The Morgan fingerprint density at radius 1 is 1.42 bits per heavy atom. The molecule has 24 heavy (non-hydrogen) atoms. The molecule has 6 heteroatoms. The number of carbonyl (C=O) groups excluding carboxylic acids is 1. The first-order chi connectivity index (χ1) is 11.7. The van der Waals surface area contributed by atoms with Crippen LogP contribution < -0.4 is 4.74 Å². The number of aryl methyl sites for hydroxylation is 1. The Kier molecular flexibility index (Phi) is 4.22. The Morgan fingerprint density at radius 3 is 3.12 bits per heavy atom. The minimum absolute atomic E-state index is 0.114. The van der Waals surface area contributed by atoms with Crippen LogP contribution in [0.2, 0.25) is 0 Å². The number of amides is 1. The third-order valence-electron chi connectivity index (χ3n) is 4.60. The molecule has 2 aliphatic rings. The molecule has 5 nitrogen and oxygen atoms in total. The van der Waals surface area contributed by atoms with Crippen molar-refractivity contribution in [2.45, 2.75) is 43.4 Å². The third-order valence-corrected chi connectivity index (χ3v) is 5.72. The lowest BCUT2D eigenvalue weighted by molar-refractivity contribution is -0.139. The van der Waals surface area contributed by atoms with Gasteiger partial charge in [-0.1, -0.05) is 12.1 Å². The Hall–Kier alpha value is -1.95. The molecule has 0 bridgehead atoms. The number of hydrogen-bond acceptors (Lipinski definition) is 4. The molecule has 0 spiro atoms. The van der Waals surface area contributed by atoms with Gasteiger partial charge in [-0.05, 0) is 37.5 Å². The molecule has 1 saturated heterocycles. The number of para-hydroxylation sites is 1. The molecule has 0 aliphatic carbocycles. The molecular weight excluding hydrogens is 322 g/mol. The molecule has 1 aromatic carbocycles. The zero-order valence-corrected chi connectivity index (χ0v) is 14.5. The molecular formula is C18H21N3O2S. The Bertz CT molecular complexity index is 745. The maximum atomic E-state index is 13.0. The highest BCUT2D eigenvalue weighted by molar-refractivity contribution is 7.99. The average molecular weight is 343 g/mol. The molecule has 1 amide bonds.